The van der Waals surface area contributed by atoms with Crippen LogP contribution in [-0.2, 0) is 20.9 Å². The Morgan fingerprint density at radius 3 is 2.44 bits per heavy atom. The first-order chi connectivity index (χ1) is 18.7. The van der Waals surface area contributed by atoms with Crippen LogP contribution in [0.15, 0.2) is 95.3 Å². The molecular weight excluding hydrogens is 497 g/mol. The van der Waals surface area contributed by atoms with Crippen molar-refractivity contribution in [3.8, 4) is 11.5 Å². The average Bonchev–Trinajstić information content (AvgIpc) is 2.92. The molecule has 0 unspecified atom stereocenters. The van der Waals surface area contributed by atoms with Crippen LogP contribution in [0.4, 0.5) is 4.39 Å². The molecule has 3 aromatic carbocycles. The number of aryl methyl sites for hydroxylation is 1. The maximum absolute atomic E-state index is 13.0. The summed E-state index contributed by atoms with van der Waals surface area (Å²) in [4.78, 5) is 25.6. The summed E-state index contributed by atoms with van der Waals surface area (Å²) in [5.74, 6) is 0.352. The smallest absolute Gasteiger partial charge is 0.336 e. The molecule has 1 aliphatic carbocycles. The molecule has 39 heavy (non-hydrogen) atoms. The third-order valence-corrected chi connectivity index (χ3v) is 6.84. The largest absolute Gasteiger partial charge is 0.508 e. The van der Waals surface area contributed by atoms with Gasteiger partial charge in [0.1, 0.15) is 23.9 Å². The van der Waals surface area contributed by atoms with E-state index >= 15 is 0 Å². The van der Waals surface area contributed by atoms with Crippen molar-refractivity contribution in [3.05, 3.63) is 118 Å². The molecule has 5 rings (SSSR count). The lowest BCUT2D eigenvalue weighted by atomic mass is 9.78. The number of dihydropyridines is 1. The molecule has 0 bridgehead atoms. The zero-order chi connectivity index (χ0) is 27.9. The summed E-state index contributed by atoms with van der Waals surface area (Å²) >= 11 is 0. The number of allylic oxidation sites excluding steroid dienone is 3. The second kappa shape index (κ2) is 12.4. The molecule has 0 amide bonds. The van der Waals surface area contributed by atoms with Gasteiger partial charge in [0.25, 0.3) is 0 Å². The van der Waals surface area contributed by atoms with Crippen LogP contribution < -0.4 is 10.1 Å². The third kappa shape index (κ3) is 6.93. The molecule has 7 heteroatoms. The van der Waals surface area contributed by atoms with Crippen LogP contribution in [0.3, 0.4) is 0 Å². The number of carbonyl (C=O) groups is 2. The number of carbonyl (C=O) groups excluding carboxylic acids is 2. The number of esters is 1. The number of para-hydroxylation sites is 1. The van der Waals surface area contributed by atoms with Gasteiger partial charge in [-0.3, -0.25) is 4.79 Å². The number of hydrogen-bond acceptors (Lipinski definition) is 6. The molecule has 0 spiro atoms. The van der Waals surface area contributed by atoms with E-state index in [1.54, 1.807) is 31.4 Å². The number of nitrogens with one attached hydrogen (secondary N) is 1. The predicted molar refractivity (Wildman–Crippen MR) is 146 cm³/mol. The molecule has 202 valence electrons. The van der Waals surface area contributed by atoms with Gasteiger partial charge in [0, 0.05) is 35.7 Å². The molecule has 3 aromatic rings. The minimum Gasteiger partial charge on any atom is -0.508 e. The molecule has 6 nitrogen and oxygen atoms in total. The Bertz CT molecular complexity index is 1410. The lowest BCUT2D eigenvalue weighted by molar-refractivity contribution is -0.140. The van der Waals surface area contributed by atoms with Crippen molar-refractivity contribution in [2.24, 2.45) is 0 Å². The molecule has 1 aliphatic heterocycles. The zero-order valence-corrected chi connectivity index (χ0v) is 22.3. The topological polar surface area (TPSA) is 84.9 Å². The van der Waals surface area contributed by atoms with E-state index in [9.17, 15) is 14.0 Å². The van der Waals surface area contributed by atoms with Crippen LogP contribution in [0, 0.1) is 12.7 Å². The van der Waals surface area contributed by atoms with Crippen molar-refractivity contribution in [2.75, 3.05) is 7.11 Å². The van der Waals surface area contributed by atoms with Gasteiger partial charge >= 0.3 is 5.97 Å². The van der Waals surface area contributed by atoms with Gasteiger partial charge in [-0.05, 0) is 67.3 Å². The quantitative estimate of drug-likeness (QED) is 0.380. The first-order valence-electron chi connectivity index (χ1n) is 12.8. The molecule has 0 fully saturated rings. The SMILES string of the molecule is COc1ccccc1[C@H]1CC(=O)C2=C(C1)NC(C)=C(C(=O)OCc1ccc(F)cc1)C2.Cc1cccc(O)c1. The van der Waals surface area contributed by atoms with Gasteiger partial charge in [-0.15, -0.1) is 0 Å². The number of ether oxygens (including phenoxy) is 2. The molecule has 1 atom stereocenters. The van der Waals surface area contributed by atoms with Gasteiger partial charge in [0.05, 0.1) is 12.7 Å². The summed E-state index contributed by atoms with van der Waals surface area (Å²) in [5.41, 5.74) is 5.44. The van der Waals surface area contributed by atoms with Crippen LogP contribution in [0.2, 0.25) is 0 Å². The van der Waals surface area contributed by atoms with E-state index in [1.165, 1.54) is 12.1 Å². The standard InChI is InChI=1S/C25H24FNO4.C7H8O/c1-15-20(25(29)31-14-16-7-9-18(26)10-8-16)13-21-22(27-15)11-17(12-23(21)28)19-5-3-4-6-24(19)30-2;1-6-3-2-4-7(8)5-6/h3-10,17,27H,11-14H2,1-2H3;2-5,8H,1H3/t17-;/m1./s1. The molecule has 0 saturated heterocycles. The summed E-state index contributed by atoms with van der Waals surface area (Å²) in [6, 6.07) is 20.7. The van der Waals surface area contributed by atoms with Crippen molar-refractivity contribution in [1.82, 2.24) is 5.32 Å². The monoisotopic (exact) mass is 529 g/mol. The molecule has 2 aliphatic rings. The van der Waals surface area contributed by atoms with Gasteiger partial charge in [-0.2, -0.15) is 0 Å². The highest BCUT2D eigenvalue weighted by Gasteiger charge is 2.34. The van der Waals surface area contributed by atoms with Crippen LogP contribution in [-0.4, -0.2) is 24.0 Å². The minimum absolute atomic E-state index is 0.0228. The second-order valence-corrected chi connectivity index (χ2v) is 9.67. The molecule has 1 heterocycles. The van der Waals surface area contributed by atoms with Crippen molar-refractivity contribution in [1.29, 1.82) is 0 Å². The van der Waals surface area contributed by atoms with Crippen LogP contribution >= 0.6 is 0 Å². The maximum Gasteiger partial charge on any atom is 0.336 e. The van der Waals surface area contributed by atoms with E-state index in [1.807, 2.05) is 50.2 Å². The molecule has 0 radical (unpaired) electrons. The fourth-order valence-electron chi connectivity index (χ4n) is 4.79. The van der Waals surface area contributed by atoms with Gasteiger partial charge < -0.3 is 19.9 Å². The number of ketones is 1. The van der Waals surface area contributed by atoms with E-state index in [4.69, 9.17) is 14.6 Å². The lowest BCUT2D eigenvalue weighted by Crippen LogP contribution is -2.31. The highest BCUT2D eigenvalue weighted by Crippen LogP contribution is 2.41. The fraction of sp³-hybridized carbons (Fsp3) is 0.250. The van der Waals surface area contributed by atoms with E-state index in [0.29, 0.717) is 41.0 Å². The highest BCUT2D eigenvalue weighted by atomic mass is 19.1. The summed E-state index contributed by atoms with van der Waals surface area (Å²) in [6.07, 6.45) is 1.31. The van der Waals surface area contributed by atoms with Crippen LogP contribution in [0.1, 0.15) is 48.8 Å². The van der Waals surface area contributed by atoms with Crippen LogP contribution in [0.25, 0.3) is 0 Å². The van der Waals surface area contributed by atoms with Crippen molar-refractivity contribution in [3.63, 3.8) is 0 Å². The van der Waals surface area contributed by atoms with E-state index in [-0.39, 0.29) is 30.5 Å². The number of aromatic hydroxyl groups is 1. The number of rotatable bonds is 5. The van der Waals surface area contributed by atoms with Gasteiger partial charge in [-0.25, -0.2) is 9.18 Å². The Morgan fingerprint density at radius 1 is 1.03 bits per heavy atom. The number of halogens is 1. The van der Waals surface area contributed by atoms with Gasteiger partial charge in [0.2, 0.25) is 0 Å². The first kappa shape index (κ1) is 27.6. The normalized spacial score (nSPS) is 16.5. The molecule has 0 saturated carbocycles. The summed E-state index contributed by atoms with van der Waals surface area (Å²) < 4.78 is 23.9. The van der Waals surface area contributed by atoms with Gasteiger partial charge in [0.15, 0.2) is 5.78 Å². The zero-order valence-electron chi connectivity index (χ0n) is 22.3. The third-order valence-electron chi connectivity index (χ3n) is 6.84. The van der Waals surface area contributed by atoms with E-state index < -0.39 is 5.97 Å². The highest BCUT2D eigenvalue weighted by molar-refractivity contribution is 6.01. The first-order valence-corrected chi connectivity index (χ1v) is 12.8. The number of phenols is 1. The molecule has 0 aromatic heterocycles. The van der Waals surface area contributed by atoms with E-state index in [0.717, 1.165) is 22.6 Å². The lowest BCUT2D eigenvalue weighted by Gasteiger charge is -2.32. The number of benzene rings is 3. The van der Waals surface area contributed by atoms with Crippen molar-refractivity contribution < 1.29 is 28.6 Å². The molecular formula is C32H32FNO5. The molecule has 2 N–H and O–H groups in total. The minimum atomic E-state index is -0.472. The Hall–Kier alpha value is -4.39. The maximum atomic E-state index is 13.0. The van der Waals surface area contributed by atoms with Crippen molar-refractivity contribution >= 4 is 11.8 Å². The predicted octanol–water partition coefficient (Wildman–Crippen LogP) is 6.25. The number of methoxy groups -OCH3 is 1. The van der Waals surface area contributed by atoms with Crippen molar-refractivity contribution in [2.45, 2.75) is 45.6 Å². The Balaban J connectivity index is 0.000000379. The van der Waals surface area contributed by atoms with Gasteiger partial charge in [-0.1, -0.05) is 42.5 Å². The average molecular weight is 530 g/mol. The summed E-state index contributed by atoms with van der Waals surface area (Å²) in [5, 5.41) is 12.1. The number of hydrogen-bond donors (Lipinski definition) is 2. The number of phenolic OH excluding ortho intramolecular Hbond substituents is 1. The second-order valence-electron chi connectivity index (χ2n) is 9.67. The Kier molecular flexibility index (Phi) is 8.81. The Morgan fingerprint density at radius 2 is 1.77 bits per heavy atom. The fourth-order valence-corrected chi connectivity index (χ4v) is 4.79. The Labute approximate surface area is 227 Å². The van der Waals surface area contributed by atoms with E-state index in [2.05, 4.69) is 5.32 Å². The van der Waals surface area contributed by atoms with Crippen LogP contribution in [0.5, 0.6) is 11.5 Å². The summed E-state index contributed by atoms with van der Waals surface area (Å²) in [7, 11) is 1.63. The number of Topliss-reactive ketones (excluding diaryl/α,β-unsaturated/α-hetero) is 1. The summed E-state index contributed by atoms with van der Waals surface area (Å²) in [6.45, 7) is 3.81.